The van der Waals surface area contributed by atoms with Crippen molar-refractivity contribution in [2.75, 3.05) is 0 Å². The third-order valence-electron chi connectivity index (χ3n) is 5.16. The van der Waals surface area contributed by atoms with Crippen LogP contribution in [-0.2, 0) is 15.8 Å². The average molecular weight is 519 g/mol. The highest BCUT2D eigenvalue weighted by molar-refractivity contribution is 5.89. The number of ether oxygens (including phenoxy) is 2. The molecule has 3 aromatic carbocycles. The minimum Gasteiger partial charge on any atom is -0.423 e. The van der Waals surface area contributed by atoms with E-state index >= 15 is 0 Å². The predicted octanol–water partition coefficient (Wildman–Crippen LogP) is 8.01. The van der Waals surface area contributed by atoms with Gasteiger partial charge in [0.15, 0.2) is 0 Å². The predicted molar refractivity (Wildman–Crippen MR) is 143 cm³/mol. The molecule has 0 bridgehead atoms. The number of benzene rings is 3. The summed E-state index contributed by atoms with van der Waals surface area (Å²) in [5.74, 6) is -0.527. The van der Waals surface area contributed by atoms with Crippen molar-refractivity contribution in [1.29, 1.82) is 0 Å². The molecule has 38 heavy (non-hydrogen) atoms. The van der Waals surface area contributed by atoms with Gasteiger partial charge in [-0.2, -0.15) is 13.2 Å². The van der Waals surface area contributed by atoms with Gasteiger partial charge in [0, 0.05) is 11.1 Å². The molecular weight excluding hydrogens is 493 g/mol. The summed E-state index contributed by atoms with van der Waals surface area (Å²) in [5, 5.41) is 0. The van der Waals surface area contributed by atoms with E-state index in [1.165, 1.54) is 32.1 Å². The van der Waals surface area contributed by atoms with E-state index in [0.717, 1.165) is 6.07 Å². The molecule has 0 aromatic heterocycles. The van der Waals surface area contributed by atoms with Crippen LogP contribution < -0.4 is 9.47 Å². The topological polar surface area (TPSA) is 52.6 Å². The quantitative estimate of drug-likeness (QED) is 0.131. The first-order valence-electron chi connectivity index (χ1n) is 11.5. The zero-order chi connectivity index (χ0) is 27.9. The number of halogens is 3. The molecule has 0 N–H and O–H groups in total. The molecule has 0 atom stereocenters. The van der Waals surface area contributed by atoms with Crippen molar-refractivity contribution in [3.63, 3.8) is 0 Å². The first-order valence-corrected chi connectivity index (χ1v) is 11.5. The molecule has 0 amide bonds. The number of esters is 2. The Morgan fingerprint density at radius 2 is 1.21 bits per heavy atom. The van der Waals surface area contributed by atoms with Crippen LogP contribution in [0.15, 0.2) is 91.0 Å². The minimum absolute atomic E-state index is 0.0114. The Morgan fingerprint density at radius 3 is 1.82 bits per heavy atom. The van der Waals surface area contributed by atoms with Crippen molar-refractivity contribution in [3.05, 3.63) is 119 Å². The first kappa shape index (κ1) is 27.9. The maximum absolute atomic E-state index is 13.8. The Balaban J connectivity index is 1.79. The summed E-state index contributed by atoms with van der Waals surface area (Å²) in [5.41, 5.74) is 1.34. The average Bonchev–Trinajstić information content (AvgIpc) is 2.86. The fraction of sp³-hybridized carbons (Fsp3) is 0.0968. The maximum atomic E-state index is 13.8. The molecule has 3 rings (SSSR count). The second-order valence-corrected chi connectivity index (χ2v) is 8.49. The van der Waals surface area contributed by atoms with Crippen LogP contribution in [0.2, 0.25) is 0 Å². The summed E-state index contributed by atoms with van der Waals surface area (Å²) in [7, 11) is 0. The summed E-state index contributed by atoms with van der Waals surface area (Å²) in [6.45, 7) is 10.1. The van der Waals surface area contributed by atoms with Crippen LogP contribution in [0.5, 0.6) is 11.5 Å². The van der Waals surface area contributed by atoms with Crippen LogP contribution in [0.1, 0.15) is 41.7 Å². The standard InChI is InChI=1S/C31H25F3O4/c1-20(2)29(35)37-26-16-12-22(13-17-26)8-9-24-11-15-25(28(19-24)31(32,33)34)14-10-23-6-5-7-27(18-23)38-30(36)21(3)4/h5-19H,1,3H2,2,4H3. The molecule has 0 unspecified atom stereocenters. The van der Waals surface area contributed by atoms with Crippen LogP contribution >= 0.6 is 0 Å². The van der Waals surface area contributed by atoms with Gasteiger partial charge in [-0.25, -0.2) is 9.59 Å². The highest BCUT2D eigenvalue weighted by atomic mass is 19.4. The molecule has 3 aromatic rings. The third-order valence-corrected chi connectivity index (χ3v) is 5.16. The lowest BCUT2D eigenvalue weighted by atomic mass is 10.0. The van der Waals surface area contributed by atoms with E-state index < -0.39 is 23.7 Å². The molecule has 7 heteroatoms. The van der Waals surface area contributed by atoms with Gasteiger partial charge in [-0.05, 0) is 66.4 Å². The van der Waals surface area contributed by atoms with E-state index in [0.29, 0.717) is 22.4 Å². The van der Waals surface area contributed by atoms with Crippen molar-refractivity contribution in [2.45, 2.75) is 20.0 Å². The molecule has 0 aliphatic carbocycles. The largest absolute Gasteiger partial charge is 0.423 e. The van der Waals surface area contributed by atoms with Crippen LogP contribution in [0.25, 0.3) is 24.3 Å². The van der Waals surface area contributed by atoms with Gasteiger partial charge in [-0.15, -0.1) is 0 Å². The summed E-state index contributed by atoms with van der Waals surface area (Å²) in [6, 6.07) is 17.0. The molecule has 0 radical (unpaired) electrons. The molecule has 0 spiro atoms. The zero-order valence-corrected chi connectivity index (χ0v) is 20.8. The minimum atomic E-state index is -4.57. The number of rotatable bonds is 8. The molecule has 0 heterocycles. The molecule has 194 valence electrons. The van der Waals surface area contributed by atoms with Gasteiger partial charge in [0.1, 0.15) is 11.5 Å². The third kappa shape index (κ3) is 7.93. The van der Waals surface area contributed by atoms with Gasteiger partial charge < -0.3 is 9.47 Å². The molecule has 0 saturated carbocycles. The van der Waals surface area contributed by atoms with Crippen molar-refractivity contribution in [3.8, 4) is 11.5 Å². The lowest BCUT2D eigenvalue weighted by Gasteiger charge is -2.11. The summed E-state index contributed by atoms with van der Waals surface area (Å²) < 4.78 is 51.8. The summed E-state index contributed by atoms with van der Waals surface area (Å²) >= 11 is 0. The zero-order valence-electron chi connectivity index (χ0n) is 20.8. The van der Waals surface area contributed by atoms with E-state index in [2.05, 4.69) is 13.2 Å². The van der Waals surface area contributed by atoms with Crippen LogP contribution in [0.3, 0.4) is 0 Å². The Kier molecular flexibility index (Phi) is 8.86. The molecule has 0 aliphatic heterocycles. The van der Waals surface area contributed by atoms with Crippen LogP contribution in [-0.4, -0.2) is 11.9 Å². The molecular formula is C31H25F3O4. The highest BCUT2D eigenvalue weighted by Crippen LogP contribution is 2.34. The molecule has 0 aliphatic rings. The fourth-order valence-corrected chi connectivity index (χ4v) is 3.16. The lowest BCUT2D eigenvalue weighted by molar-refractivity contribution is -0.137. The molecule has 0 saturated heterocycles. The van der Waals surface area contributed by atoms with Gasteiger partial charge in [-0.1, -0.05) is 73.9 Å². The normalized spacial score (nSPS) is 11.5. The van der Waals surface area contributed by atoms with E-state index in [1.54, 1.807) is 66.7 Å². The van der Waals surface area contributed by atoms with Crippen molar-refractivity contribution >= 4 is 36.2 Å². The van der Waals surface area contributed by atoms with Crippen molar-refractivity contribution < 1.29 is 32.2 Å². The second-order valence-electron chi connectivity index (χ2n) is 8.49. The Bertz CT molecular complexity index is 1430. The fourth-order valence-electron chi connectivity index (χ4n) is 3.16. The van der Waals surface area contributed by atoms with E-state index in [9.17, 15) is 22.8 Å². The maximum Gasteiger partial charge on any atom is 0.417 e. The Morgan fingerprint density at radius 1 is 0.684 bits per heavy atom. The van der Waals surface area contributed by atoms with E-state index in [4.69, 9.17) is 9.47 Å². The monoisotopic (exact) mass is 518 g/mol. The van der Waals surface area contributed by atoms with Gasteiger partial charge in [-0.3, -0.25) is 0 Å². The van der Waals surface area contributed by atoms with Crippen LogP contribution in [0.4, 0.5) is 13.2 Å². The molecule has 0 fully saturated rings. The first-order chi connectivity index (χ1) is 17.9. The number of hydrogen-bond acceptors (Lipinski definition) is 4. The number of carbonyl (C=O) groups excluding carboxylic acids is 2. The van der Waals surface area contributed by atoms with Crippen LogP contribution in [0, 0.1) is 0 Å². The second kappa shape index (κ2) is 12.1. The van der Waals surface area contributed by atoms with Gasteiger partial charge in [0.2, 0.25) is 0 Å². The van der Waals surface area contributed by atoms with Gasteiger partial charge >= 0.3 is 18.1 Å². The van der Waals surface area contributed by atoms with Gasteiger partial charge in [0.25, 0.3) is 0 Å². The highest BCUT2D eigenvalue weighted by Gasteiger charge is 2.32. The molecule has 4 nitrogen and oxygen atoms in total. The summed E-state index contributed by atoms with van der Waals surface area (Å²) in [6.07, 6.45) is 1.53. The van der Waals surface area contributed by atoms with E-state index in [1.807, 2.05) is 0 Å². The van der Waals surface area contributed by atoms with E-state index in [-0.39, 0.29) is 22.5 Å². The number of alkyl halides is 3. The smallest absolute Gasteiger partial charge is 0.417 e. The number of carbonyl (C=O) groups is 2. The lowest BCUT2D eigenvalue weighted by Crippen LogP contribution is -2.08. The number of hydrogen-bond donors (Lipinski definition) is 0. The SMILES string of the molecule is C=C(C)C(=O)Oc1ccc(C=Cc2ccc(C=Cc3cccc(OC(=O)C(=C)C)c3)c(C(F)(F)F)c2)cc1. The Hall–Kier alpha value is -4.65. The van der Waals surface area contributed by atoms with Gasteiger partial charge in [0.05, 0.1) is 5.56 Å². The van der Waals surface area contributed by atoms with Crippen molar-refractivity contribution in [2.24, 2.45) is 0 Å². The van der Waals surface area contributed by atoms with Crippen molar-refractivity contribution in [1.82, 2.24) is 0 Å². The Labute approximate surface area is 219 Å². The summed E-state index contributed by atoms with van der Waals surface area (Å²) in [4.78, 5) is 23.3.